The fourth-order valence-corrected chi connectivity index (χ4v) is 2.75. The zero-order chi connectivity index (χ0) is 12.6. The molecule has 0 fully saturated rings. The summed E-state index contributed by atoms with van der Waals surface area (Å²) in [6, 6.07) is 3.99. The van der Waals surface area contributed by atoms with Crippen molar-refractivity contribution in [3.63, 3.8) is 0 Å². The van der Waals surface area contributed by atoms with Gasteiger partial charge in [0, 0.05) is 23.9 Å². The first-order valence-electron chi connectivity index (χ1n) is 5.41. The van der Waals surface area contributed by atoms with Crippen LogP contribution in [0.1, 0.15) is 33.7 Å². The quantitative estimate of drug-likeness (QED) is 0.763. The highest BCUT2D eigenvalue weighted by atomic mass is 32.1. The number of hydrogen-bond donors (Lipinski definition) is 0. The molecule has 0 amide bonds. The Hall–Kier alpha value is -1.55. The number of pyridine rings is 1. The van der Waals surface area contributed by atoms with Crippen molar-refractivity contribution < 1.29 is 4.79 Å². The van der Waals surface area contributed by atoms with E-state index in [4.69, 9.17) is 0 Å². The first-order chi connectivity index (χ1) is 7.97. The van der Waals surface area contributed by atoms with Crippen LogP contribution in [-0.2, 0) is 0 Å². The van der Waals surface area contributed by atoms with Gasteiger partial charge in [-0.15, -0.1) is 11.3 Å². The Labute approximate surface area is 105 Å². The van der Waals surface area contributed by atoms with Gasteiger partial charge in [0.25, 0.3) is 0 Å². The molecule has 2 heterocycles. The van der Waals surface area contributed by atoms with E-state index < -0.39 is 0 Å². The minimum Gasteiger partial charge on any atom is -0.294 e. The van der Waals surface area contributed by atoms with Gasteiger partial charge in [0.1, 0.15) is 5.01 Å². The van der Waals surface area contributed by atoms with E-state index in [1.807, 2.05) is 32.9 Å². The Balaban J connectivity index is 2.53. The standard InChI is InChI=1S/C13H14N2OS/c1-7-5-11(6-8(2)14-7)13-15-9(3)12(17-13)10(4)16/h5-6H,1-4H3. The van der Waals surface area contributed by atoms with Crippen LogP contribution in [0.3, 0.4) is 0 Å². The average Bonchev–Trinajstić information content (AvgIpc) is 2.59. The van der Waals surface area contributed by atoms with Gasteiger partial charge in [-0.2, -0.15) is 0 Å². The Morgan fingerprint density at radius 1 is 1.12 bits per heavy atom. The van der Waals surface area contributed by atoms with Gasteiger partial charge in [-0.25, -0.2) is 4.98 Å². The molecule has 17 heavy (non-hydrogen) atoms. The van der Waals surface area contributed by atoms with Crippen molar-refractivity contribution in [2.75, 3.05) is 0 Å². The molecule has 2 rings (SSSR count). The van der Waals surface area contributed by atoms with Crippen molar-refractivity contribution in [3.8, 4) is 10.6 Å². The number of carbonyl (C=O) groups is 1. The molecule has 0 aliphatic carbocycles. The maximum Gasteiger partial charge on any atom is 0.171 e. The predicted octanol–water partition coefficient (Wildman–Crippen LogP) is 3.33. The topological polar surface area (TPSA) is 42.9 Å². The summed E-state index contributed by atoms with van der Waals surface area (Å²) in [5.74, 6) is 0.0775. The molecule has 0 unspecified atom stereocenters. The molecular weight excluding hydrogens is 232 g/mol. The SMILES string of the molecule is CC(=O)c1sc(-c2cc(C)nc(C)c2)nc1C. The number of ketones is 1. The van der Waals surface area contributed by atoms with Crippen LogP contribution in [0.15, 0.2) is 12.1 Å². The van der Waals surface area contributed by atoms with Crippen molar-refractivity contribution in [3.05, 3.63) is 34.1 Å². The molecule has 0 atom stereocenters. The van der Waals surface area contributed by atoms with Gasteiger partial charge in [0.2, 0.25) is 0 Å². The molecule has 88 valence electrons. The van der Waals surface area contributed by atoms with Crippen molar-refractivity contribution in [2.45, 2.75) is 27.7 Å². The molecule has 0 saturated carbocycles. The van der Waals surface area contributed by atoms with E-state index in [1.54, 1.807) is 6.92 Å². The number of nitrogens with zero attached hydrogens (tertiary/aromatic N) is 2. The van der Waals surface area contributed by atoms with Crippen LogP contribution in [0.4, 0.5) is 0 Å². The smallest absolute Gasteiger partial charge is 0.171 e. The fraction of sp³-hybridized carbons (Fsp3) is 0.308. The second-order valence-corrected chi connectivity index (χ2v) is 5.13. The van der Waals surface area contributed by atoms with Crippen LogP contribution in [0.5, 0.6) is 0 Å². The highest BCUT2D eigenvalue weighted by Gasteiger charge is 2.13. The molecule has 4 heteroatoms. The van der Waals surface area contributed by atoms with Crippen molar-refractivity contribution in [1.29, 1.82) is 0 Å². The Bertz CT molecular complexity index is 567. The largest absolute Gasteiger partial charge is 0.294 e. The number of aryl methyl sites for hydroxylation is 3. The summed E-state index contributed by atoms with van der Waals surface area (Å²) in [6.07, 6.45) is 0. The zero-order valence-corrected chi connectivity index (χ0v) is 11.2. The van der Waals surface area contributed by atoms with Gasteiger partial charge in [-0.05, 0) is 32.9 Å². The summed E-state index contributed by atoms with van der Waals surface area (Å²) in [7, 11) is 0. The minimum atomic E-state index is 0.0775. The number of rotatable bonds is 2. The molecule has 0 bridgehead atoms. The van der Waals surface area contributed by atoms with Crippen molar-refractivity contribution in [2.24, 2.45) is 0 Å². The van der Waals surface area contributed by atoms with Crippen molar-refractivity contribution in [1.82, 2.24) is 9.97 Å². The Morgan fingerprint density at radius 3 is 2.18 bits per heavy atom. The van der Waals surface area contributed by atoms with E-state index in [1.165, 1.54) is 11.3 Å². The number of thiazole rings is 1. The third-order valence-corrected chi connectivity index (χ3v) is 3.75. The van der Waals surface area contributed by atoms with E-state index in [-0.39, 0.29) is 5.78 Å². The molecule has 0 radical (unpaired) electrons. The van der Waals surface area contributed by atoms with Gasteiger partial charge >= 0.3 is 0 Å². The highest BCUT2D eigenvalue weighted by Crippen LogP contribution is 2.28. The van der Waals surface area contributed by atoms with E-state index in [0.717, 1.165) is 32.5 Å². The molecule has 2 aromatic rings. The third kappa shape index (κ3) is 2.42. The molecule has 3 nitrogen and oxygen atoms in total. The third-order valence-electron chi connectivity index (χ3n) is 2.44. The second kappa shape index (κ2) is 4.37. The van der Waals surface area contributed by atoms with Crippen LogP contribution in [-0.4, -0.2) is 15.8 Å². The lowest BCUT2D eigenvalue weighted by molar-refractivity contribution is 0.102. The summed E-state index contributed by atoms with van der Waals surface area (Å²) >= 11 is 1.45. The Morgan fingerprint density at radius 2 is 1.71 bits per heavy atom. The number of aromatic nitrogens is 2. The van der Waals surface area contributed by atoms with E-state index in [0.29, 0.717) is 0 Å². The fourth-order valence-electron chi connectivity index (χ4n) is 1.80. The first-order valence-corrected chi connectivity index (χ1v) is 6.23. The maximum atomic E-state index is 11.4. The Kier molecular flexibility index (Phi) is 3.07. The second-order valence-electron chi connectivity index (χ2n) is 4.13. The number of hydrogen-bond acceptors (Lipinski definition) is 4. The predicted molar refractivity (Wildman–Crippen MR) is 69.6 cm³/mol. The van der Waals surface area contributed by atoms with Gasteiger partial charge in [0.15, 0.2) is 5.78 Å². The van der Waals surface area contributed by atoms with Crippen LogP contribution in [0, 0.1) is 20.8 Å². The summed E-state index contributed by atoms with van der Waals surface area (Å²) in [5.41, 5.74) is 3.79. The molecule has 0 aromatic carbocycles. The van der Waals surface area contributed by atoms with Crippen LogP contribution in [0.25, 0.3) is 10.6 Å². The molecule has 0 spiro atoms. The van der Waals surface area contributed by atoms with Crippen LogP contribution in [0.2, 0.25) is 0 Å². The molecule has 0 aliphatic heterocycles. The molecule has 0 aliphatic rings. The lowest BCUT2D eigenvalue weighted by atomic mass is 10.2. The van der Waals surface area contributed by atoms with E-state index in [2.05, 4.69) is 9.97 Å². The molecule has 0 N–H and O–H groups in total. The van der Waals surface area contributed by atoms with Gasteiger partial charge in [-0.3, -0.25) is 9.78 Å². The van der Waals surface area contributed by atoms with Gasteiger partial charge < -0.3 is 0 Å². The highest BCUT2D eigenvalue weighted by molar-refractivity contribution is 7.17. The summed E-state index contributed by atoms with van der Waals surface area (Å²) < 4.78 is 0. The minimum absolute atomic E-state index is 0.0775. The monoisotopic (exact) mass is 246 g/mol. The lowest BCUT2D eigenvalue weighted by Crippen LogP contribution is -1.89. The molecule has 2 aromatic heterocycles. The molecule has 0 saturated heterocycles. The summed E-state index contributed by atoms with van der Waals surface area (Å²) in [5, 5.41) is 0.890. The molecular formula is C13H14N2OS. The van der Waals surface area contributed by atoms with Crippen LogP contribution >= 0.6 is 11.3 Å². The maximum absolute atomic E-state index is 11.4. The van der Waals surface area contributed by atoms with Gasteiger partial charge in [0.05, 0.1) is 10.6 Å². The first kappa shape index (κ1) is 11.9. The number of carbonyl (C=O) groups excluding carboxylic acids is 1. The summed E-state index contributed by atoms with van der Waals surface area (Å²) in [4.78, 5) is 20.9. The lowest BCUT2D eigenvalue weighted by Gasteiger charge is -2.00. The van der Waals surface area contributed by atoms with Crippen LogP contribution < -0.4 is 0 Å². The van der Waals surface area contributed by atoms with Gasteiger partial charge in [-0.1, -0.05) is 0 Å². The average molecular weight is 246 g/mol. The number of Topliss-reactive ketones (excluding diaryl/α,β-unsaturated/α-hetero) is 1. The summed E-state index contributed by atoms with van der Waals surface area (Å²) in [6.45, 7) is 7.37. The van der Waals surface area contributed by atoms with Crippen molar-refractivity contribution >= 4 is 17.1 Å². The normalized spacial score (nSPS) is 10.6. The zero-order valence-electron chi connectivity index (χ0n) is 10.4. The van der Waals surface area contributed by atoms with E-state index in [9.17, 15) is 4.79 Å². The van der Waals surface area contributed by atoms with E-state index >= 15 is 0 Å².